The van der Waals surface area contributed by atoms with Gasteiger partial charge in [0.15, 0.2) is 12.1 Å². The summed E-state index contributed by atoms with van der Waals surface area (Å²) in [6, 6.07) is 0. The average Bonchev–Trinajstić information content (AvgIpc) is 3.04. The zero-order chi connectivity index (χ0) is 15.2. The van der Waals surface area contributed by atoms with Gasteiger partial charge in [0, 0.05) is 11.5 Å². The Morgan fingerprint density at radius 2 is 2.00 bits per heavy atom. The lowest BCUT2D eigenvalue weighted by molar-refractivity contribution is -0.195. The largest absolute Gasteiger partial charge is 0.457 e. The first-order valence-electron chi connectivity index (χ1n) is 7.26. The van der Waals surface area contributed by atoms with E-state index in [9.17, 15) is 14.7 Å². The van der Waals surface area contributed by atoms with Crippen LogP contribution in [0.3, 0.4) is 0 Å². The highest BCUT2D eigenvalue weighted by molar-refractivity contribution is 5.95. The first kappa shape index (κ1) is 13.4. The van der Waals surface area contributed by atoms with Gasteiger partial charge in [-0.3, -0.25) is 4.79 Å². The number of carbonyl (C=O) groups excluding carboxylic acids is 2. The highest BCUT2D eigenvalue weighted by atomic mass is 16.7. The summed E-state index contributed by atoms with van der Waals surface area (Å²) in [6.07, 6.45) is -1.26. The number of carbonyl (C=O) groups is 2. The standard InChI is InChI=1S/C15H18O6/c1-6-7-4-5-14(2)10(16)8(9(7)19-12(6)17)15(3)11(20-15)13(18)21-14/h7-9,11,13,18H,1,4-5H2,2-3H3/t7-,8+,9-,11-,13-,14-,15+/m0/s1. The third kappa shape index (κ3) is 1.53. The molecule has 4 rings (SSSR count). The van der Waals surface area contributed by atoms with Crippen LogP contribution in [0.2, 0.25) is 0 Å². The molecule has 4 aliphatic rings. The molecular weight excluding hydrogens is 276 g/mol. The molecule has 6 nitrogen and oxygen atoms in total. The van der Waals surface area contributed by atoms with Crippen molar-refractivity contribution in [1.29, 1.82) is 0 Å². The number of epoxide rings is 1. The Morgan fingerprint density at radius 1 is 1.29 bits per heavy atom. The van der Waals surface area contributed by atoms with Crippen molar-refractivity contribution in [1.82, 2.24) is 0 Å². The quantitative estimate of drug-likeness (QED) is 0.394. The number of hydrogen-bond acceptors (Lipinski definition) is 6. The molecule has 114 valence electrons. The zero-order valence-electron chi connectivity index (χ0n) is 12.0. The second-order valence-electron chi connectivity index (χ2n) is 6.84. The molecule has 0 radical (unpaired) electrons. The molecule has 21 heavy (non-hydrogen) atoms. The number of aliphatic hydroxyl groups excluding tert-OH is 1. The van der Waals surface area contributed by atoms with E-state index in [0.717, 1.165) is 0 Å². The number of Topliss-reactive ketones (excluding diaryl/α,β-unsaturated/α-hetero) is 1. The predicted molar refractivity (Wildman–Crippen MR) is 69.0 cm³/mol. The molecule has 3 saturated heterocycles. The molecule has 0 amide bonds. The highest BCUT2D eigenvalue weighted by Gasteiger charge is 2.73. The van der Waals surface area contributed by atoms with Crippen LogP contribution < -0.4 is 0 Å². The Morgan fingerprint density at radius 3 is 2.71 bits per heavy atom. The van der Waals surface area contributed by atoms with Crippen LogP contribution in [0.15, 0.2) is 12.2 Å². The molecule has 7 atom stereocenters. The molecule has 0 spiro atoms. The molecule has 1 saturated carbocycles. The van der Waals surface area contributed by atoms with Crippen molar-refractivity contribution in [2.24, 2.45) is 11.8 Å². The summed E-state index contributed by atoms with van der Waals surface area (Å²) >= 11 is 0. The van der Waals surface area contributed by atoms with E-state index in [0.29, 0.717) is 18.4 Å². The Hall–Kier alpha value is -1.24. The second-order valence-corrected chi connectivity index (χ2v) is 6.84. The van der Waals surface area contributed by atoms with Gasteiger partial charge in [-0.2, -0.15) is 0 Å². The van der Waals surface area contributed by atoms with E-state index < -0.39 is 41.6 Å². The zero-order valence-corrected chi connectivity index (χ0v) is 12.0. The van der Waals surface area contributed by atoms with Gasteiger partial charge in [0.25, 0.3) is 0 Å². The second kappa shape index (κ2) is 3.74. The van der Waals surface area contributed by atoms with Crippen molar-refractivity contribution in [2.75, 3.05) is 0 Å². The Balaban J connectivity index is 1.83. The van der Waals surface area contributed by atoms with Gasteiger partial charge in [0.2, 0.25) is 0 Å². The Bertz CT molecular complexity index is 571. The van der Waals surface area contributed by atoms with Crippen LogP contribution in [0, 0.1) is 11.8 Å². The van der Waals surface area contributed by atoms with E-state index in [4.69, 9.17) is 14.2 Å². The maximum Gasteiger partial charge on any atom is 0.334 e. The minimum Gasteiger partial charge on any atom is -0.457 e. The van der Waals surface area contributed by atoms with Crippen LogP contribution in [0.25, 0.3) is 0 Å². The van der Waals surface area contributed by atoms with Gasteiger partial charge in [0.1, 0.15) is 23.4 Å². The minimum absolute atomic E-state index is 0.154. The number of aliphatic hydroxyl groups is 1. The fourth-order valence-electron chi connectivity index (χ4n) is 4.17. The van der Waals surface area contributed by atoms with E-state index in [1.54, 1.807) is 13.8 Å². The van der Waals surface area contributed by atoms with Crippen molar-refractivity contribution in [3.63, 3.8) is 0 Å². The number of esters is 1. The SMILES string of the molecule is C=C1C(=O)O[C@H]2[C@H]1CC[C@]1(C)O[C@H](O)[C@@H]3O[C@]3(C)[C@H]2C1=O. The van der Waals surface area contributed by atoms with Crippen molar-refractivity contribution in [3.05, 3.63) is 12.2 Å². The number of ether oxygens (including phenoxy) is 3. The summed E-state index contributed by atoms with van der Waals surface area (Å²) < 4.78 is 16.6. The summed E-state index contributed by atoms with van der Waals surface area (Å²) in [5.74, 6) is -1.40. The number of ketones is 1. The highest BCUT2D eigenvalue weighted by Crippen LogP contribution is 2.56. The lowest BCUT2D eigenvalue weighted by Crippen LogP contribution is -2.48. The number of hydrogen-bond donors (Lipinski definition) is 1. The smallest absolute Gasteiger partial charge is 0.334 e. The lowest BCUT2D eigenvalue weighted by atomic mass is 9.77. The third-order valence-corrected chi connectivity index (χ3v) is 5.56. The fraction of sp³-hybridized carbons (Fsp3) is 0.733. The van der Waals surface area contributed by atoms with Crippen LogP contribution in [0.1, 0.15) is 26.7 Å². The van der Waals surface area contributed by atoms with Crippen LogP contribution in [0.5, 0.6) is 0 Å². The van der Waals surface area contributed by atoms with Crippen LogP contribution >= 0.6 is 0 Å². The van der Waals surface area contributed by atoms with E-state index in [2.05, 4.69) is 6.58 Å². The maximum atomic E-state index is 13.0. The molecular formula is C15H18O6. The lowest BCUT2D eigenvalue weighted by Gasteiger charge is -2.31. The van der Waals surface area contributed by atoms with Crippen molar-refractivity contribution >= 4 is 11.8 Å². The first-order valence-corrected chi connectivity index (χ1v) is 7.26. The van der Waals surface area contributed by atoms with Crippen LogP contribution in [0.4, 0.5) is 0 Å². The molecule has 0 aromatic heterocycles. The number of fused-ring (bicyclic) bond motifs is 6. The molecule has 4 fully saturated rings. The maximum absolute atomic E-state index is 13.0. The van der Waals surface area contributed by atoms with E-state index in [-0.39, 0.29) is 11.7 Å². The molecule has 6 heteroatoms. The molecule has 0 unspecified atom stereocenters. The van der Waals surface area contributed by atoms with Gasteiger partial charge in [-0.1, -0.05) is 6.58 Å². The summed E-state index contributed by atoms with van der Waals surface area (Å²) in [4.78, 5) is 24.8. The van der Waals surface area contributed by atoms with Crippen molar-refractivity contribution < 1.29 is 28.9 Å². The molecule has 0 aromatic rings. The summed E-state index contributed by atoms with van der Waals surface area (Å²) in [6.45, 7) is 7.28. The van der Waals surface area contributed by atoms with Gasteiger partial charge < -0.3 is 19.3 Å². The van der Waals surface area contributed by atoms with Crippen molar-refractivity contribution in [2.45, 2.75) is 56.4 Å². The summed E-state index contributed by atoms with van der Waals surface area (Å²) in [5, 5.41) is 10.1. The van der Waals surface area contributed by atoms with Crippen LogP contribution in [-0.2, 0) is 23.8 Å². The molecule has 1 N–H and O–H groups in total. The molecule has 3 aliphatic heterocycles. The van der Waals surface area contributed by atoms with E-state index in [1.165, 1.54) is 0 Å². The third-order valence-electron chi connectivity index (χ3n) is 5.56. The van der Waals surface area contributed by atoms with E-state index >= 15 is 0 Å². The summed E-state index contributed by atoms with van der Waals surface area (Å²) in [7, 11) is 0. The fourth-order valence-corrected chi connectivity index (χ4v) is 4.17. The molecule has 3 heterocycles. The molecule has 0 aromatic carbocycles. The Labute approximate surface area is 122 Å². The van der Waals surface area contributed by atoms with Gasteiger partial charge in [-0.15, -0.1) is 0 Å². The topological polar surface area (TPSA) is 85.4 Å². The molecule has 2 bridgehead atoms. The van der Waals surface area contributed by atoms with Gasteiger partial charge in [-0.25, -0.2) is 4.79 Å². The first-order chi connectivity index (χ1) is 9.78. The Kier molecular flexibility index (Phi) is 2.39. The van der Waals surface area contributed by atoms with Crippen molar-refractivity contribution in [3.8, 4) is 0 Å². The minimum atomic E-state index is -1.13. The predicted octanol–water partition coefficient (Wildman–Crippen LogP) is 0.328. The normalized spacial score (nSPS) is 55.2. The van der Waals surface area contributed by atoms with E-state index in [1.807, 2.05) is 0 Å². The monoisotopic (exact) mass is 294 g/mol. The van der Waals surface area contributed by atoms with Gasteiger partial charge in [0.05, 0.1) is 5.92 Å². The molecule has 1 aliphatic carbocycles. The summed E-state index contributed by atoms with van der Waals surface area (Å²) in [5.41, 5.74) is -1.49. The van der Waals surface area contributed by atoms with Crippen LogP contribution in [-0.4, -0.2) is 46.6 Å². The average molecular weight is 294 g/mol. The van der Waals surface area contributed by atoms with Gasteiger partial charge in [-0.05, 0) is 26.7 Å². The number of rotatable bonds is 0. The van der Waals surface area contributed by atoms with Gasteiger partial charge >= 0.3 is 5.97 Å².